The summed E-state index contributed by atoms with van der Waals surface area (Å²) in [5.74, 6) is -1.70. The van der Waals surface area contributed by atoms with Crippen LogP contribution in [0.5, 0.6) is 0 Å². The van der Waals surface area contributed by atoms with Crippen LogP contribution in [-0.2, 0) is 86.7 Å². The molecule has 20 heteroatoms. The molecule has 0 saturated carbocycles. The van der Waals surface area contributed by atoms with Gasteiger partial charge in [0, 0.05) is 80.3 Å². The molecule has 95 heavy (non-hydrogen) atoms. The number of nitrogens with zero attached hydrogens (tertiary/aromatic N) is 2. The zero-order chi connectivity index (χ0) is 70.6. The van der Waals surface area contributed by atoms with Gasteiger partial charge in [0.1, 0.15) is 5.78 Å². The van der Waals surface area contributed by atoms with E-state index >= 15 is 0 Å². The van der Waals surface area contributed by atoms with E-state index in [2.05, 4.69) is 160 Å². The van der Waals surface area contributed by atoms with Crippen molar-refractivity contribution in [2.45, 2.75) is 145 Å². The summed E-state index contributed by atoms with van der Waals surface area (Å²) in [7, 11) is 0. The number of thiazole rings is 1. The number of hydrogen-bond donors (Lipinski definition) is 7. The number of aliphatic imine (C=N–C) groups is 1. The Morgan fingerprint density at radius 3 is 1.20 bits per heavy atom. The van der Waals surface area contributed by atoms with Gasteiger partial charge in [-0.2, -0.15) is 4.99 Å². The summed E-state index contributed by atoms with van der Waals surface area (Å²) in [6, 6.07) is 51.0. The van der Waals surface area contributed by atoms with Crippen molar-refractivity contribution in [1.29, 1.82) is 0 Å². The zero-order valence-electron chi connectivity index (χ0n) is 56.2. The summed E-state index contributed by atoms with van der Waals surface area (Å²) in [5.41, 5.74) is 18.9. The molecule has 0 radical (unpaired) electrons. The molecule has 0 fully saturated rings. The third-order valence-corrected chi connectivity index (χ3v) is 15.0. The highest BCUT2D eigenvalue weighted by Gasteiger charge is 2.18. The minimum absolute atomic E-state index is 0.000349. The zero-order valence-corrected chi connectivity index (χ0v) is 58.7. The van der Waals surface area contributed by atoms with Crippen molar-refractivity contribution in [3.05, 3.63) is 208 Å². The van der Waals surface area contributed by atoms with Crippen LogP contribution in [-0.4, -0.2) is 67.3 Å². The number of thiocarbonyl (C=S) groups is 2. The first-order chi connectivity index (χ1) is 44.5. The molecule has 1 heterocycles. The monoisotopic (exact) mass is 1340 g/mol. The molecular weight excluding hydrogens is 1250 g/mol. The van der Waals surface area contributed by atoms with E-state index in [9.17, 15) is 38.4 Å². The summed E-state index contributed by atoms with van der Waals surface area (Å²) in [4.78, 5) is 98.2. The summed E-state index contributed by atoms with van der Waals surface area (Å²) in [6.45, 7) is 25.5. The lowest BCUT2D eigenvalue weighted by Gasteiger charge is -2.19. The Labute approximate surface area is 572 Å². The number of nitrogen functional groups attached to an aromatic ring is 1. The molecule has 0 aliphatic carbocycles. The number of carbonyl (C=O) groups excluding carboxylic acids is 7. The molecule has 8 N–H and O–H groups in total. The lowest BCUT2D eigenvalue weighted by Crippen LogP contribution is -2.14. The highest BCUT2D eigenvalue weighted by molar-refractivity contribution is 7.80. The van der Waals surface area contributed by atoms with Crippen LogP contribution in [0.3, 0.4) is 0 Å². The van der Waals surface area contributed by atoms with Gasteiger partial charge >= 0.3 is 5.97 Å². The van der Waals surface area contributed by atoms with Crippen LogP contribution in [0.1, 0.15) is 141 Å². The second kappa shape index (κ2) is 37.2. The van der Waals surface area contributed by atoms with Gasteiger partial charge in [-0.05, 0) is 146 Å². The van der Waals surface area contributed by atoms with Crippen LogP contribution in [0.15, 0.2) is 169 Å². The van der Waals surface area contributed by atoms with Crippen LogP contribution in [0.25, 0.3) is 10.2 Å². The minimum atomic E-state index is -0.864. The minimum Gasteiger partial charge on any atom is -0.481 e. The van der Waals surface area contributed by atoms with Crippen molar-refractivity contribution >= 4 is 137 Å². The summed E-state index contributed by atoms with van der Waals surface area (Å²) in [5, 5.41) is 24.7. The standard InChI is InChI=1S/C23H27NO2S.C21H23N3O2S.C11H10N2O2S.C10H11NO3.C10H15N/c1-16(25)24-20-11-7-17(8-12-20)13-21(26)15-22(27)14-18-5-9-19(10-6-18)23(2,3)4;1-13(25)22-16-8-5-14(6-9-16)11-19(26)24-20-23-17-10-7-15(21(2,3)4)12-18(17)27-20;1-8(14)13-10-4-2-9(3-5-10)6-11(15)12-7-16;1-7(12)11-9-4-2-8(3-5-9)6-10(13)14;1-10(2,3)8-4-6-9(11)7-5-8/h5-12H,13-15H2,1-4H3,(H,24,25);5-10,12H,11H2,1-4H3,(H,22,25)(H,23,24,26);2-5H,6H2,1H3,(H,13,14);2-5H,6H2,1H3,(H,11,12)(H,13,14);4-7H,11H2,1-3H3. The molecule has 6 amide bonds. The Bertz CT molecular complexity index is 3940. The average molecular weight is 1340 g/mol. The number of ketones is 1. The Morgan fingerprint density at radius 2 is 0.821 bits per heavy atom. The van der Waals surface area contributed by atoms with E-state index < -0.39 is 5.97 Å². The number of rotatable bonds is 17. The van der Waals surface area contributed by atoms with Gasteiger partial charge in [-0.1, -0.05) is 177 Å². The van der Waals surface area contributed by atoms with Gasteiger partial charge in [0.15, 0.2) is 5.13 Å². The quantitative estimate of drug-likeness (QED) is 0.0254. The fourth-order valence-electron chi connectivity index (χ4n) is 8.78. The second-order valence-electron chi connectivity index (χ2n) is 25.5. The first-order valence-corrected chi connectivity index (χ1v) is 32.1. The number of Topliss-reactive ketones (excluding diaryl/α,β-unsaturated/α-hetero) is 1. The summed E-state index contributed by atoms with van der Waals surface area (Å²) in [6.07, 6.45) is 1.74. The number of aliphatic carboxylic acids is 1. The van der Waals surface area contributed by atoms with Gasteiger partial charge in [-0.25, -0.2) is 4.98 Å². The molecule has 0 spiro atoms. The van der Waals surface area contributed by atoms with Crippen LogP contribution < -0.4 is 32.3 Å². The molecule has 0 bridgehead atoms. The number of aromatic nitrogens is 1. The van der Waals surface area contributed by atoms with E-state index in [1.807, 2.05) is 47.6 Å². The van der Waals surface area contributed by atoms with Gasteiger partial charge in [-0.15, -0.1) is 0 Å². The molecule has 8 aromatic rings. The van der Waals surface area contributed by atoms with E-state index in [0.29, 0.717) is 47.0 Å². The van der Waals surface area contributed by atoms with Crippen LogP contribution in [0, 0.1) is 0 Å². The normalized spacial score (nSPS) is 10.7. The second-order valence-corrected chi connectivity index (χ2v) is 27.3. The van der Waals surface area contributed by atoms with Gasteiger partial charge in [0.2, 0.25) is 29.5 Å². The number of carbonyl (C=O) groups is 8. The first kappa shape index (κ1) is 77.7. The first-order valence-electron chi connectivity index (χ1n) is 30.5. The van der Waals surface area contributed by atoms with E-state index in [0.717, 1.165) is 48.7 Å². The molecule has 0 unspecified atom stereocenters. The van der Waals surface area contributed by atoms with Crippen molar-refractivity contribution in [2.24, 2.45) is 4.99 Å². The number of carboxylic acid groups (broad SMARTS) is 1. The summed E-state index contributed by atoms with van der Waals surface area (Å²) < 4.78 is 1.07. The number of hydrogen-bond acceptors (Lipinski definition) is 13. The third kappa shape index (κ3) is 30.7. The number of carboxylic acids is 1. The highest BCUT2D eigenvalue weighted by Crippen LogP contribution is 2.32. The van der Waals surface area contributed by atoms with Crippen LogP contribution >= 0.6 is 35.8 Å². The molecule has 0 aliphatic rings. The van der Waals surface area contributed by atoms with Gasteiger partial charge < -0.3 is 37.4 Å². The number of fused-ring (bicyclic) bond motifs is 1. The average Bonchev–Trinajstić information content (AvgIpc) is 1.69. The maximum absolute atomic E-state index is 12.3. The number of nitrogens with two attached hydrogens (primary N) is 1. The third-order valence-electron chi connectivity index (χ3n) is 13.6. The van der Waals surface area contributed by atoms with Crippen LogP contribution in [0.4, 0.5) is 33.6 Å². The Hall–Kier alpha value is -9.72. The van der Waals surface area contributed by atoms with E-state index in [4.69, 9.17) is 23.1 Å². The maximum atomic E-state index is 12.3. The smallest absolute Gasteiger partial charge is 0.307 e. The van der Waals surface area contributed by atoms with E-state index in [1.54, 1.807) is 72.8 Å². The number of amides is 6. The fraction of sp³-hybridized carbons (Fsp3) is 0.293. The Morgan fingerprint density at radius 1 is 0.474 bits per heavy atom. The van der Waals surface area contributed by atoms with E-state index in [1.165, 1.54) is 55.7 Å². The Balaban J connectivity index is 0.000000264. The molecule has 7 aromatic carbocycles. The predicted octanol–water partition coefficient (Wildman–Crippen LogP) is 15.4. The molecule has 8 rings (SSSR count). The lowest BCUT2D eigenvalue weighted by atomic mass is 9.86. The maximum Gasteiger partial charge on any atom is 0.307 e. The number of isothiocyanates is 1. The fourth-order valence-corrected chi connectivity index (χ4v) is 10.1. The van der Waals surface area contributed by atoms with Crippen molar-refractivity contribution in [3.63, 3.8) is 0 Å². The molecule has 0 aliphatic heterocycles. The lowest BCUT2D eigenvalue weighted by molar-refractivity contribution is -0.136. The predicted molar refractivity (Wildman–Crippen MR) is 393 cm³/mol. The van der Waals surface area contributed by atoms with Gasteiger partial charge in [0.05, 0.1) is 34.6 Å². The van der Waals surface area contributed by atoms with Crippen molar-refractivity contribution < 1.29 is 43.5 Å². The summed E-state index contributed by atoms with van der Waals surface area (Å²) >= 11 is 11.2. The molecule has 17 nitrogen and oxygen atoms in total. The van der Waals surface area contributed by atoms with Gasteiger partial charge in [0.25, 0.3) is 5.91 Å². The number of benzene rings is 7. The molecule has 1 aromatic heterocycles. The Kier molecular flexibility index (Phi) is 30.5. The molecule has 0 atom stereocenters. The van der Waals surface area contributed by atoms with Crippen molar-refractivity contribution in [3.8, 4) is 0 Å². The van der Waals surface area contributed by atoms with E-state index in [-0.39, 0.29) is 76.7 Å². The van der Waals surface area contributed by atoms with Crippen molar-refractivity contribution in [2.75, 3.05) is 32.3 Å². The molecule has 498 valence electrons. The SMILES string of the molecule is CC(=O)Nc1ccc(CC(=O)CC(=S)Cc2ccc(C(C)(C)C)cc2)cc1.CC(=O)Nc1ccc(CC(=O)N=C=S)cc1.CC(=O)Nc1ccc(CC(=O)Nc2nc3ccc(C(C)(C)C)cc3s2)cc1.CC(=O)Nc1ccc(CC(=O)O)cc1.CC(C)(C)c1ccc(N)cc1. The largest absolute Gasteiger partial charge is 0.481 e. The number of anilines is 6. The number of nitrogens with one attached hydrogen (secondary N) is 5. The van der Waals surface area contributed by atoms with Crippen LogP contribution in [0.2, 0.25) is 0 Å². The van der Waals surface area contributed by atoms with Gasteiger partial charge in [-0.3, -0.25) is 38.4 Å². The highest BCUT2D eigenvalue weighted by atomic mass is 32.1. The van der Waals surface area contributed by atoms with Crippen molar-refractivity contribution in [1.82, 2.24) is 4.98 Å². The molecular formula is C75H86N8O9S3. The topological polar surface area (TPSA) is 268 Å². The molecule has 0 saturated heterocycles.